The van der Waals surface area contributed by atoms with Crippen molar-refractivity contribution in [2.75, 3.05) is 46.6 Å². The van der Waals surface area contributed by atoms with Crippen molar-refractivity contribution < 1.29 is 14.2 Å². The molecule has 7 nitrogen and oxygen atoms in total. The molecule has 0 radical (unpaired) electrons. The van der Waals surface area contributed by atoms with E-state index in [2.05, 4.69) is 20.1 Å². The lowest BCUT2D eigenvalue weighted by molar-refractivity contribution is 0.0368. The van der Waals surface area contributed by atoms with Crippen molar-refractivity contribution in [3.63, 3.8) is 0 Å². The number of methoxy groups -OCH3 is 1. The van der Waals surface area contributed by atoms with E-state index in [-0.39, 0.29) is 0 Å². The molecule has 4 rings (SSSR count). The first-order valence-electron chi connectivity index (χ1n) is 10.6. The molecule has 31 heavy (non-hydrogen) atoms. The van der Waals surface area contributed by atoms with Gasteiger partial charge in [0.2, 0.25) is 0 Å². The summed E-state index contributed by atoms with van der Waals surface area (Å²) in [4.78, 5) is 6.50. The molecular weight excluding hydrogens is 416 g/mol. The highest BCUT2D eigenvalue weighted by atomic mass is 35.5. The normalized spacial score (nSPS) is 14.6. The Hall–Kier alpha value is -2.48. The molecule has 8 heteroatoms. The van der Waals surface area contributed by atoms with Gasteiger partial charge >= 0.3 is 0 Å². The standard InChI is InChI=1S/C23H27ClN4O3/c1-29-21-15-18-19(23(24)27-26-20(18)14-17-4-6-25-7-5-17)16-22(21)31-11-3-2-8-28-9-12-30-13-10-28/h4-7,15-16H,2-3,8-14H2,1H3. The number of rotatable bonds is 9. The van der Waals surface area contributed by atoms with Gasteiger partial charge in [-0.2, -0.15) is 5.10 Å². The second-order valence-electron chi connectivity index (χ2n) is 7.53. The number of morpholine rings is 1. The van der Waals surface area contributed by atoms with Gasteiger partial charge in [0.05, 0.1) is 32.6 Å². The zero-order chi connectivity index (χ0) is 21.5. The number of halogens is 1. The van der Waals surface area contributed by atoms with Gasteiger partial charge in [0.1, 0.15) is 0 Å². The number of ether oxygens (including phenoxy) is 3. The summed E-state index contributed by atoms with van der Waals surface area (Å²) in [5.74, 6) is 1.34. The van der Waals surface area contributed by atoms with Crippen molar-refractivity contribution in [3.05, 3.63) is 53.1 Å². The van der Waals surface area contributed by atoms with E-state index < -0.39 is 0 Å². The Balaban J connectivity index is 1.45. The smallest absolute Gasteiger partial charge is 0.161 e. The van der Waals surface area contributed by atoms with Crippen LogP contribution >= 0.6 is 11.6 Å². The van der Waals surface area contributed by atoms with E-state index in [1.54, 1.807) is 19.5 Å². The third-order valence-electron chi connectivity index (χ3n) is 5.45. The van der Waals surface area contributed by atoms with Crippen LogP contribution in [0.1, 0.15) is 24.1 Å². The third kappa shape index (κ3) is 5.61. The van der Waals surface area contributed by atoms with Crippen molar-refractivity contribution in [1.82, 2.24) is 20.1 Å². The molecule has 3 heterocycles. The fraction of sp³-hybridized carbons (Fsp3) is 0.435. The van der Waals surface area contributed by atoms with Crippen LogP contribution in [-0.2, 0) is 11.2 Å². The average Bonchev–Trinajstić information content (AvgIpc) is 2.82. The lowest BCUT2D eigenvalue weighted by Gasteiger charge is -2.26. The number of hydrogen-bond donors (Lipinski definition) is 0. The van der Waals surface area contributed by atoms with Gasteiger partial charge in [-0.1, -0.05) is 11.6 Å². The van der Waals surface area contributed by atoms with Crippen LogP contribution in [0.15, 0.2) is 36.7 Å². The quantitative estimate of drug-likeness (QED) is 0.467. The van der Waals surface area contributed by atoms with Crippen LogP contribution in [0.25, 0.3) is 10.8 Å². The van der Waals surface area contributed by atoms with Crippen molar-refractivity contribution in [2.45, 2.75) is 19.3 Å². The molecule has 1 aliphatic heterocycles. The molecule has 0 bridgehead atoms. The molecule has 1 saturated heterocycles. The second kappa shape index (κ2) is 10.7. The van der Waals surface area contributed by atoms with Crippen molar-refractivity contribution in [2.24, 2.45) is 0 Å². The van der Waals surface area contributed by atoms with Crippen LogP contribution in [0, 0.1) is 0 Å². The zero-order valence-electron chi connectivity index (χ0n) is 17.7. The van der Waals surface area contributed by atoms with Crippen LogP contribution in [-0.4, -0.2) is 66.6 Å². The minimum atomic E-state index is 0.355. The van der Waals surface area contributed by atoms with Gasteiger partial charge < -0.3 is 14.2 Å². The Labute approximate surface area is 187 Å². The molecule has 0 N–H and O–H groups in total. The first kappa shape index (κ1) is 21.7. The van der Waals surface area contributed by atoms with Crippen LogP contribution in [0.4, 0.5) is 0 Å². The van der Waals surface area contributed by atoms with Crippen LogP contribution in [0.5, 0.6) is 11.5 Å². The lowest BCUT2D eigenvalue weighted by Crippen LogP contribution is -2.36. The first-order valence-corrected chi connectivity index (χ1v) is 11.0. The number of pyridine rings is 1. The maximum absolute atomic E-state index is 6.37. The van der Waals surface area contributed by atoms with Crippen molar-refractivity contribution >= 4 is 22.4 Å². The highest BCUT2D eigenvalue weighted by Crippen LogP contribution is 2.36. The molecule has 0 spiro atoms. The number of aromatic nitrogens is 3. The van der Waals surface area contributed by atoms with Crippen LogP contribution in [0.2, 0.25) is 5.15 Å². The summed E-state index contributed by atoms with van der Waals surface area (Å²) < 4.78 is 17.1. The molecule has 0 saturated carbocycles. The largest absolute Gasteiger partial charge is 0.493 e. The minimum Gasteiger partial charge on any atom is -0.493 e. The molecule has 0 atom stereocenters. The first-order chi connectivity index (χ1) is 15.2. The van der Waals surface area contributed by atoms with E-state index in [4.69, 9.17) is 25.8 Å². The maximum Gasteiger partial charge on any atom is 0.161 e. The summed E-state index contributed by atoms with van der Waals surface area (Å²) >= 11 is 6.37. The third-order valence-corrected chi connectivity index (χ3v) is 5.73. The zero-order valence-corrected chi connectivity index (χ0v) is 18.5. The molecule has 1 aromatic carbocycles. The van der Waals surface area contributed by atoms with E-state index >= 15 is 0 Å². The average molecular weight is 443 g/mol. The molecule has 164 valence electrons. The van der Waals surface area contributed by atoms with Gasteiger partial charge in [-0.25, -0.2) is 0 Å². The molecule has 0 unspecified atom stereocenters. The number of nitrogens with zero attached hydrogens (tertiary/aromatic N) is 4. The molecule has 2 aromatic heterocycles. The fourth-order valence-electron chi connectivity index (χ4n) is 3.72. The van der Waals surface area contributed by atoms with Gasteiger partial charge in [0.25, 0.3) is 0 Å². The van der Waals surface area contributed by atoms with Gasteiger partial charge in [0.15, 0.2) is 16.7 Å². The molecular formula is C23H27ClN4O3. The predicted octanol–water partition coefficient (Wildman–Crippen LogP) is 3.77. The van der Waals surface area contributed by atoms with Gasteiger partial charge in [0, 0.05) is 42.7 Å². The SMILES string of the molecule is COc1cc2c(Cc3ccncc3)nnc(Cl)c2cc1OCCCCN1CCOCC1. The highest BCUT2D eigenvalue weighted by molar-refractivity contribution is 6.34. The summed E-state index contributed by atoms with van der Waals surface area (Å²) in [5, 5.41) is 10.6. The Kier molecular flexibility index (Phi) is 7.51. The van der Waals surface area contributed by atoms with E-state index in [0.717, 1.165) is 67.7 Å². The second-order valence-corrected chi connectivity index (χ2v) is 7.89. The number of unbranched alkanes of at least 4 members (excludes halogenated alkanes) is 1. The van der Waals surface area contributed by atoms with E-state index in [9.17, 15) is 0 Å². The van der Waals surface area contributed by atoms with Gasteiger partial charge in [-0.3, -0.25) is 9.88 Å². The lowest BCUT2D eigenvalue weighted by atomic mass is 10.0. The Morgan fingerprint density at radius 3 is 2.58 bits per heavy atom. The molecule has 1 fully saturated rings. The highest BCUT2D eigenvalue weighted by Gasteiger charge is 2.15. The topological polar surface area (TPSA) is 69.6 Å². The summed E-state index contributed by atoms with van der Waals surface area (Å²) in [6.07, 6.45) is 6.22. The minimum absolute atomic E-state index is 0.355. The molecule has 0 aliphatic carbocycles. The van der Waals surface area contributed by atoms with Gasteiger partial charge in [-0.15, -0.1) is 5.10 Å². The summed E-state index contributed by atoms with van der Waals surface area (Å²) in [6, 6.07) is 7.78. The maximum atomic E-state index is 6.37. The monoisotopic (exact) mass is 442 g/mol. The van der Waals surface area contributed by atoms with Crippen molar-refractivity contribution in [3.8, 4) is 11.5 Å². The summed E-state index contributed by atoms with van der Waals surface area (Å²) in [7, 11) is 1.64. The number of benzene rings is 1. The van der Waals surface area contributed by atoms with E-state index in [1.807, 2.05) is 24.3 Å². The molecule has 1 aliphatic rings. The number of hydrogen-bond acceptors (Lipinski definition) is 7. The molecule has 0 amide bonds. The fourth-order valence-corrected chi connectivity index (χ4v) is 3.92. The predicted molar refractivity (Wildman–Crippen MR) is 120 cm³/mol. The number of fused-ring (bicyclic) bond motifs is 1. The molecule has 3 aromatic rings. The Bertz CT molecular complexity index is 997. The Morgan fingerprint density at radius 2 is 1.81 bits per heavy atom. The van der Waals surface area contributed by atoms with E-state index in [1.165, 1.54) is 0 Å². The summed E-state index contributed by atoms with van der Waals surface area (Å²) in [5.41, 5.74) is 1.94. The van der Waals surface area contributed by atoms with Gasteiger partial charge in [-0.05, 0) is 49.2 Å². The Morgan fingerprint density at radius 1 is 1.03 bits per heavy atom. The summed E-state index contributed by atoms with van der Waals surface area (Å²) in [6.45, 7) is 5.38. The van der Waals surface area contributed by atoms with Crippen molar-refractivity contribution in [1.29, 1.82) is 0 Å². The van der Waals surface area contributed by atoms with Crippen LogP contribution < -0.4 is 9.47 Å². The van der Waals surface area contributed by atoms with E-state index in [0.29, 0.717) is 29.7 Å². The van der Waals surface area contributed by atoms with Crippen LogP contribution in [0.3, 0.4) is 0 Å².